The molecule has 0 radical (unpaired) electrons. The quantitative estimate of drug-likeness (QED) is 0.572. The maximum atomic E-state index is 14.2. The average molecular weight is 502 g/mol. The Labute approximate surface area is 203 Å². The number of ether oxygens (including phenoxy) is 3. The molecule has 1 aromatic heterocycles. The van der Waals surface area contributed by atoms with Crippen molar-refractivity contribution in [1.29, 1.82) is 0 Å². The maximum Gasteiger partial charge on any atom is 0.151 e. The van der Waals surface area contributed by atoms with E-state index in [0.29, 0.717) is 23.4 Å². The van der Waals surface area contributed by atoms with Crippen LogP contribution < -0.4 is 4.74 Å². The second kappa shape index (κ2) is 8.77. The smallest absolute Gasteiger partial charge is 0.151 e. The molecule has 2 aliphatic heterocycles. The summed E-state index contributed by atoms with van der Waals surface area (Å²) in [5.74, 6) is -0.0432. The predicted octanol–water partition coefficient (Wildman–Crippen LogP) is 3.32. The summed E-state index contributed by atoms with van der Waals surface area (Å²) in [7, 11) is -2.31. The molecule has 3 aromatic rings. The Kier molecular flexibility index (Phi) is 6.03. The molecule has 35 heavy (non-hydrogen) atoms. The van der Waals surface area contributed by atoms with Crippen molar-refractivity contribution in [3.8, 4) is 5.75 Å². The van der Waals surface area contributed by atoms with Crippen molar-refractivity contribution < 1.29 is 27.9 Å². The molecule has 5 rings (SSSR count). The zero-order valence-corrected chi connectivity index (χ0v) is 20.8. The number of hydrogen-bond donors (Lipinski definition) is 1. The zero-order chi connectivity index (χ0) is 25.0. The topological polar surface area (TPSA) is 103 Å². The molecular formula is C25H28FN3O5S. The molecule has 0 aliphatic carbocycles. The molecule has 3 heterocycles. The van der Waals surface area contributed by atoms with Crippen LogP contribution in [-0.4, -0.2) is 68.9 Å². The molecule has 2 saturated heterocycles. The molecule has 2 fully saturated rings. The normalized spacial score (nSPS) is 26.2. The second-order valence-electron chi connectivity index (χ2n) is 9.72. The maximum absolute atomic E-state index is 14.2. The van der Waals surface area contributed by atoms with Gasteiger partial charge in [0.15, 0.2) is 6.10 Å². The molecule has 4 atom stereocenters. The predicted molar refractivity (Wildman–Crippen MR) is 130 cm³/mol. The van der Waals surface area contributed by atoms with E-state index < -0.39 is 39.5 Å². The lowest BCUT2D eigenvalue weighted by Gasteiger charge is -2.21. The van der Waals surface area contributed by atoms with Crippen LogP contribution in [-0.2, 0) is 25.6 Å². The van der Waals surface area contributed by atoms with Crippen LogP contribution in [0.1, 0.15) is 23.7 Å². The molecule has 2 aromatic carbocycles. The Morgan fingerprint density at radius 3 is 2.83 bits per heavy atom. The molecule has 8 nitrogen and oxygen atoms in total. The van der Waals surface area contributed by atoms with E-state index in [2.05, 4.69) is 14.3 Å². The van der Waals surface area contributed by atoms with Crippen molar-refractivity contribution in [2.24, 2.45) is 4.36 Å². The minimum atomic E-state index is -2.31. The van der Waals surface area contributed by atoms with Gasteiger partial charge >= 0.3 is 0 Å². The largest absolute Gasteiger partial charge is 0.485 e. The van der Waals surface area contributed by atoms with E-state index in [4.69, 9.17) is 14.2 Å². The van der Waals surface area contributed by atoms with Gasteiger partial charge in [-0.25, -0.2) is 18.6 Å². The number of rotatable bonds is 5. The van der Waals surface area contributed by atoms with Crippen LogP contribution in [0.15, 0.2) is 41.0 Å². The molecule has 1 N–H and O–H groups in total. The van der Waals surface area contributed by atoms with E-state index in [1.165, 1.54) is 18.5 Å². The lowest BCUT2D eigenvalue weighted by Crippen LogP contribution is -2.41. The van der Waals surface area contributed by atoms with Crippen molar-refractivity contribution >= 4 is 26.3 Å². The number of hydrogen-bond acceptors (Lipinski definition) is 8. The van der Waals surface area contributed by atoms with Gasteiger partial charge in [0.2, 0.25) is 0 Å². The summed E-state index contributed by atoms with van der Waals surface area (Å²) in [6.07, 6.45) is 3.64. The van der Waals surface area contributed by atoms with Gasteiger partial charge in [-0.05, 0) is 37.6 Å². The van der Waals surface area contributed by atoms with Gasteiger partial charge in [-0.2, -0.15) is 4.36 Å². The highest BCUT2D eigenvalue weighted by Gasteiger charge is 2.54. The number of aryl methyl sites for hydroxylation is 1. The highest BCUT2D eigenvalue weighted by atomic mass is 32.2. The van der Waals surface area contributed by atoms with Crippen molar-refractivity contribution in [2.75, 3.05) is 25.7 Å². The second-order valence-corrected chi connectivity index (χ2v) is 12.3. The fraction of sp³-hybridized carbons (Fsp3) is 0.440. The summed E-state index contributed by atoms with van der Waals surface area (Å²) in [5, 5.41) is 11.3. The van der Waals surface area contributed by atoms with E-state index in [0.717, 1.165) is 22.2 Å². The van der Waals surface area contributed by atoms with Crippen LogP contribution in [0.3, 0.4) is 0 Å². The Morgan fingerprint density at radius 1 is 1.26 bits per heavy atom. The van der Waals surface area contributed by atoms with Crippen molar-refractivity contribution in [3.63, 3.8) is 0 Å². The number of fused-ring (bicyclic) bond motifs is 2. The molecule has 0 unspecified atom stereocenters. The number of aromatic nitrogens is 2. The van der Waals surface area contributed by atoms with Gasteiger partial charge < -0.3 is 19.3 Å². The first-order chi connectivity index (χ1) is 16.5. The van der Waals surface area contributed by atoms with Gasteiger partial charge in [0.1, 0.15) is 35.7 Å². The molecule has 10 heteroatoms. The third kappa shape index (κ3) is 4.88. The number of aliphatic hydroxyl groups is 1. The van der Waals surface area contributed by atoms with Crippen molar-refractivity contribution in [3.05, 3.63) is 59.3 Å². The fourth-order valence-corrected chi connectivity index (χ4v) is 5.39. The minimum absolute atomic E-state index is 0.156. The van der Waals surface area contributed by atoms with Gasteiger partial charge in [0.05, 0.1) is 30.1 Å². The SMILES string of the molecule is Cc1cc(N=S(C)(C)=O)cc2ncnc(Cc3ccc(F)cc3O[C@@H]3CO[C@H]4[C@@H]3OC[C@@]4(C)O)c12. The minimum Gasteiger partial charge on any atom is -0.485 e. The first-order valence-electron chi connectivity index (χ1n) is 11.3. The first kappa shape index (κ1) is 24.1. The summed E-state index contributed by atoms with van der Waals surface area (Å²) >= 11 is 0. The Balaban J connectivity index is 1.47. The average Bonchev–Trinajstić information content (AvgIpc) is 3.29. The molecule has 0 saturated carbocycles. The molecule has 0 bridgehead atoms. The number of benzene rings is 2. The third-order valence-corrected chi connectivity index (χ3v) is 6.93. The van der Waals surface area contributed by atoms with Crippen LogP contribution in [0, 0.1) is 12.7 Å². The molecule has 0 amide bonds. The summed E-state index contributed by atoms with van der Waals surface area (Å²) in [6.45, 7) is 4.00. The van der Waals surface area contributed by atoms with Gasteiger partial charge in [-0.3, -0.25) is 0 Å². The van der Waals surface area contributed by atoms with Gasteiger partial charge in [-0.15, -0.1) is 0 Å². The van der Waals surface area contributed by atoms with Crippen molar-refractivity contribution in [2.45, 2.75) is 44.2 Å². The molecular weight excluding hydrogens is 473 g/mol. The van der Waals surface area contributed by atoms with Crippen LogP contribution in [0.4, 0.5) is 10.1 Å². The van der Waals surface area contributed by atoms with Crippen LogP contribution in [0.25, 0.3) is 10.9 Å². The molecule has 2 aliphatic rings. The van der Waals surface area contributed by atoms with Crippen LogP contribution in [0.2, 0.25) is 0 Å². The van der Waals surface area contributed by atoms with Gasteiger partial charge in [-0.1, -0.05) is 6.07 Å². The number of halogens is 1. The molecule has 0 spiro atoms. The van der Waals surface area contributed by atoms with E-state index in [9.17, 15) is 13.7 Å². The van der Waals surface area contributed by atoms with E-state index in [1.807, 2.05) is 13.0 Å². The van der Waals surface area contributed by atoms with Gasteiger partial charge in [0.25, 0.3) is 0 Å². The Morgan fingerprint density at radius 2 is 2.06 bits per heavy atom. The van der Waals surface area contributed by atoms with E-state index in [-0.39, 0.29) is 13.2 Å². The van der Waals surface area contributed by atoms with E-state index >= 15 is 0 Å². The van der Waals surface area contributed by atoms with Crippen LogP contribution in [0.5, 0.6) is 5.75 Å². The standard InChI is InChI=1S/C25H28FN3O5S/c1-14-7-17(29-35(3,4)31)10-19-22(14)18(27-13-28-19)8-15-5-6-16(26)9-20(15)34-21-11-32-24-23(21)33-12-25(24,2)30/h5-7,9-10,13,21,23-24,30H,8,11-12H2,1-4H3/t21-,23-,24+,25-/m1/s1. The lowest BCUT2D eigenvalue weighted by molar-refractivity contribution is -0.0555. The van der Waals surface area contributed by atoms with E-state index in [1.54, 1.807) is 31.6 Å². The Hall–Kier alpha value is -2.66. The van der Waals surface area contributed by atoms with Crippen molar-refractivity contribution in [1.82, 2.24) is 9.97 Å². The summed E-state index contributed by atoms with van der Waals surface area (Å²) in [6, 6.07) is 8.08. The number of nitrogens with zero attached hydrogens (tertiary/aromatic N) is 3. The first-order valence-corrected chi connectivity index (χ1v) is 13.7. The fourth-order valence-electron chi connectivity index (χ4n) is 4.78. The highest BCUT2D eigenvalue weighted by Crippen LogP contribution is 2.37. The monoisotopic (exact) mass is 501 g/mol. The lowest BCUT2D eigenvalue weighted by atomic mass is 9.98. The third-order valence-electron chi connectivity index (χ3n) is 6.27. The highest BCUT2D eigenvalue weighted by molar-refractivity contribution is 7.92. The van der Waals surface area contributed by atoms with Crippen LogP contribution >= 0.6 is 0 Å². The summed E-state index contributed by atoms with van der Waals surface area (Å²) in [4.78, 5) is 8.90. The summed E-state index contributed by atoms with van der Waals surface area (Å²) in [5.41, 5.74) is 2.61. The molecule has 186 valence electrons. The van der Waals surface area contributed by atoms with Gasteiger partial charge in [0, 0.05) is 45.7 Å². The Bertz CT molecular complexity index is 1410. The summed E-state index contributed by atoms with van der Waals surface area (Å²) < 4.78 is 48.3. The zero-order valence-electron chi connectivity index (χ0n) is 20.0.